The number of hydrogen-bond acceptors (Lipinski definition) is 7. The van der Waals surface area contributed by atoms with Crippen LogP contribution in [0.4, 0.5) is 0 Å². The van der Waals surface area contributed by atoms with E-state index in [4.69, 9.17) is 4.98 Å². The number of para-hydroxylation sites is 1. The molecule has 0 amide bonds. The van der Waals surface area contributed by atoms with Crippen LogP contribution >= 0.6 is 0 Å². The largest absolute Gasteiger partial charge is 0.508 e. The molecule has 178 valence electrons. The first-order chi connectivity index (χ1) is 16.1. The first kappa shape index (κ1) is 24.8. The Morgan fingerprint density at radius 3 is 2.24 bits per heavy atom. The lowest BCUT2D eigenvalue weighted by Crippen LogP contribution is -2.21. The van der Waals surface area contributed by atoms with Gasteiger partial charge in [0, 0.05) is 19.2 Å². The van der Waals surface area contributed by atoms with E-state index in [2.05, 4.69) is 35.3 Å². The van der Waals surface area contributed by atoms with Crippen molar-refractivity contribution < 1.29 is 15.3 Å². The van der Waals surface area contributed by atoms with Crippen molar-refractivity contribution in [2.24, 2.45) is 5.92 Å². The molecule has 0 aliphatic carbocycles. The fourth-order valence-electron chi connectivity index (χ4n) is 3.50. The molecular formula is C27H32N4O3. The van der Waals surface area contributed by atoms with Gasteiger partial charge in [0.1, 0.15) is 17.2 Å². The Bertz CT molecular complexity index is 1230. The number of benzene rings is 2. The van der Waals surface area contributed by atoms with Crippen LogP contribution in [0.3, 0.4) is 0 Å². The van der Waals surface area contributed by atoms with Gasteiger partial charge in [0.25, 0.3) is 0 Å². The second-order valence-corrected chi connectivity index (χ2v) is 8.77. The van der Waals surface area contributed by atoms with E-state index in [1.165, 1.54) is 6.07 Å². The number of phenolic OH excluding ortho intramolecular Hbond substituents is 3. The highest BCUT2D eigenvalue weighted by atomic mass is 16.3. The maximum atomic E-state index is 10.7. The van der Waals surface area contributed by atoms with Crippen molar-refractivity contribution in [2.45, 2.75) is 34.1 Å². The third-order valence-electron chi connectivity index (χ3n) is 5.72. The minimum Gasteiger partial charge on any atom is -0.508 e. The highest BCUT2D eigenvalue weighted by Gasteiger charge is 2.20. The summed E-state index contributed by atoms with van der Waals surface area (Å²) >= 11 is 0. The molecule has 34 heavy (non-hydrogen) atoms. The Morgan fingerprint density at radius 1 is 0.971 bits per heavy atom. The van der Waals surface area contributed by atoms with Gasteiger partial charge in [-0.3, -0.25) is 0 Å². The fourth-order valence-corrected chi connectivity index (χ4v) is 3.50. The summed E-state index contributed by atoms with van der Waals surface area (Å²) < 4.78 is 0. The molecule has 3 N–H and O–H groups in total. The summed E-state index contributed by atoms with van der Waals surface area (Å²) in [5, 5.41) is 31.4. The lowest BCUT2D eigenvalue weighted by Gasteiger charge is -2.23. The highest BCUT2D eigenvalue weighted by Crippen LogP contribution is 2.37. The number of nitrogens with zero attached hydrogens (tertiary/aromatic N) is 4. The van der Waals surface area contributed by atoms with E-state index in [0.717, 1.165) is 18.7 Å². The molecule has 1 heterocycles. The van der Waals surface area contributed by atoms with Crippen molar-refractivity contribution in [3.63, 3.8) is 0 Å². The average molecular weight is 461 g/mol. The van der Waals surface area contributed by atoms with Gasteiger partial charge in [-0.2, -0.15) is 0 Å². The monoisotopic (exact) mass is 460 g/mol. The molecule has 0 bridgehead atoms. The number of aryl methyl sites for hydroxylation is 1. The fraction of sp³-hybridized carbons (Fsp3) is 0.296. The molecular weight excluding hydrogens is 428 g/mol. The summed E-state index contributed by atoms with van der Waals surface area (Å²) in [6.07, 6.45) is 4.49. The van der Waals surface area contributed by atoms with Gasteiger partial charge in [0.15, 0.2) is 17.5 Å². The average Bonchev–Trinajstić information content (AvgIpc) is 2.81. The Morgan fingerprint density at radius 2 is 1.62 bits per heavy atom. The Kier molecular flexibility index (Phi) is 7.56. The van der Waals surface area contributed by atoms with Crippen molar-refractivity contribution in [1.82, 2.24) is 19.9 Å². The highest BCUT2D eigenvalue weighted by molar-refractivity contribution is 5.74. The van der Waals surface area contributed by atoms with Gasteiger partial charge >= 0.3 is 0 Å². The standard InChI is InChI=1S/C27H32N4O3/c1-7-9-21(31(6)15-14-16(2)3)27-29-25(19-11-8-10-17(4)23(19)33)28-26(30-27)20-12-13-22(32)18(5)24(20)34/h7-13,16,32-34H,1,14-15H2,2-6H3/b21-9-. The second kappa shape index (κ2) is 10.4. The summed E-state index contributed by atoms with van der Waals surface area (Å²) in [5.74, 6) is 1.37. The minimum absolute atomic E-state index is 0.0206. The van der Waals surface area contributed by atoms with Crippen LogP contribution in [0, 0.1) is 19.8 Å². The molecule has 0 saturated heterocycles. The number of aromatic hydroxyl groups is 3. The molecule has 0 aliphatic heterocycles. The van der Waals surface area contributed by atoms with Gasteiger partial charge in [0.05, 0.1) is 16.8 Å². The summed E-state index contributed by atoms with van der Waals surface area (Å²) in [4.78, 5) is 16.0. The SMILES string of the molecule is C=C/C=C(/c1nc(-c2cccc(C)c2O)nc(-c2ccc(O)c(C)c2O)n1)N(C)CCC(C)C. The summed E-state index contributed by atoms with van der Waals surface area (Å²) in [7, 11) is 1.97. The van der Waals surface area contributed by atoms with Gasteiger partial charge in [-0.1, -0.05) is 38.6 Å². The van der Waals surface area contributed by atoms with Crippen LogP contribution in [-0.2, 0) is 0 Å². The minimum atomic E-state index is -0.112. The molecule has 0 fully saturated rings. The zero-order chi connectivity index (χ0) is 25.0. The quantitative estimate of drug-likeness (QED) is 0.384. The summed E-state index contributed by atoms with van der Waals surface area (Å²) in [6, 6.07) is 8.43. The van der Waals surface area contributed by atoms with Crippen LogP contribution in [0.2, 0.25) is 0 Å². The van der Waals surface area contributed by atoms with Crippen molar-refractivity contribution in [3.05, 3.63) is 66.0 Å². The van der Waals surface area contributed by atoms with Crippen molar-refractivity contribution in [2.75, 3.05) is 13.6 Å². The normalized spacial score (nSPS) is 11.6. The predicted octanol–water partition coefficient (Wildman–Crippen LogP) is 5.44. The molecule has 7 heteroatoms. The van der Waals surface area contributed by atoms with Crippen LogP contribution < -0.4 is 0 Å². The smallest absolute Gasteiger partial charge is 0.180 e. The molecule has 0 spiro atoms. The van der Waals surface area contributed by atoms with Crippen molar-refractivity contribution in [1.29, 1.82) is 0 Å². The summed E-state index contributed by atoms with van der Waals surface area (Å²) in [5.41, 5.74) is 2.58. The van der Waals surface area contributed by atoms with E-state index < -0.39 is 0 Å². The number of allylic oxidation sites excluding steroid dienone is 2. The first-order valence-corrected chi connectivity index (χ1v) is 11.2. The van der Waals surface area contributed by atoms with Crippen LogP contribution in [0.5, 0.6) is 17.2 Å². The molecule has 2 aromatic carbocycles. The second-order valence-electron chi connectivity index (χ2n) is 8.77. The third kappa shape index (κ3) is 5.20. The van der Waals surface area contributed by atoms with Gasteiger partial charge in [-0.15, -0.1) is 0 Å². The van der Waals surface area contributed by atoms with E-state index in [9.17, 15) is 15.3 Å². The van der Waals surface area contributed by atoms with E-state index >= 15 is 0 Å². The summed E-state index contributed by atoms with van der Waals surface area (Å²) in [6.45, 7) is 12.4. The Labute approximate surface area is 200 Å². The Balaban J connectivity index is 2.26. The lowest BCUT2D eigenvalue weighted by molar-refractivity contribution is 0.418. The third-order valence-corrected chi connectivity index (χ3v) is 5.72. The molecule has 0 radical (unpaired) electrons. The van der Waals surface area contributed by atoms with Crippen molar-refractivity contribution in [3.8, 4) is 40.0 Å². The van der Waals surface area contributed by atoms with Gasteiger partial charge in [-0.05, 0) is 56.0 Å². The van der Waals surface area contributed by atoms with Gasteiger partial charge in [0.2, 0.25) is 0 Å². The maximum absolute atomic E-state index is 10.7. The maximum Gasteiger partial charge on any atom is 0.180 e. The van der Waals surface area contributed by atoms with Gasteiger partial charge in [-0.25, -0.2) is 15.0 Å². The van der Waals surface area contributed by atoms with Crippen LogP contribution in [0.15, 0.2) is 49.1 Å². The first-order valence-electron chi connectivity index (χ1n) is 11.2. The molecule has 7 nitrogen and oxygen atoms in total. The topological polar surface area (TPSA) is 103 Å². The lowest BCUT2D eigenvalue weighted by atomic mass is 10.1. The zero-order valence-electron chi connectivity index (χ0n) is 20.4. The molecule has 0 unspecified atom stereocenters. The van der Waals surface area contributed by atoms with Crippen molar-refractivity contribution >= 4 is 5.70 Å². The molecule has 3 rings (SSSR count). The van der Waals surface area contributed by atoms with E-state index in [0.29, 0.717) is 34.0 Å². The number of phenols is 3. The number of hydrogen-bond donors (Lipinski definition) is 3. The van der Waals surface area contributed by atoms with E-state index in [1.54, 1.807) is 38.1 Å². The van der Waals surface area contributed by atoms with Crippen LogP contribution in [-0.4, -0.2) is 48.8 Å². The van der Waals surface area contributed by atoms with Gasteiger partial charge < -0.3 is 20.2 Å². The molecule has 0 aliphatic rings. The Hall–Kier alpha value is -3.87. The number of rotatable bonds is 8. The van der Waals surface area contributed by atoms with E-state index in [1.807, 2.05) is 19.2 Å². The van der Waals surface area contributed by atoms with Crippen LogP contribution in [0.25, 0.3) is 28.5 Å². The molecule has 1 aromatic heterocycles. The molecule has 0 atom stereocenters. The zero-order valence-corrected chi connectivity index (χ0v) is 20.4. The number of aromatic nitrogens is 3. The molecule has 3 aromatic rings. The molecule has 0 saturated carbocycles. The van der Waals surface area contributed by atoms with E-state index in [-0.39, 0.29) is 28.9 Å². The van der Waals surface area contributed by atoms with Crippen LogP contribution in [0.1, 0.15) is 37.2 Å². The predicted molar refractivity (Wildman–Crippen MR) is 135 cm³/mol.